The minimum Gasteiger partial charge on any atom is -0.493 e. The van der Waals surface area contributed by atoms with E-state index in [1.165, 1.54) is 38.5 Å². The summed E-state index contributed by atoms with van der Waals surface area (Å²) >= 11 is 0. The molecule has 0 bridgehead atoms. The Labute approximate surface area is 167 Å². The van der Waals surface area contributed by atoms with Crippen LogP contribution in [0.15, 0.2) is 42.5 Å². The van der Waals surface area contributed by atoms with Crippen LogP contribution in [0.3, 0.4) is 0 Å². The Morgan fingerprint density at radius 2 is 1.55 bits per heavy atom. The van der Waals surface area contributed by atoms with E-state index in [1.807, 2.05) is 0 Å². The van der Waals surface area contributed by atoms with Crippen molar-refractivity contribution in [3.05, 3.63) is 59.4 Å². The fourth-order valence-electron chi connectivity index (χ4n) is 2.42. The molecule has 0 saturated heterocycles. The van der Waals surface area contributed by atoms with Crippen molar-refractivity contribution in [3.63, 3.8) is 0 Å². The number of amides is 3. The highest BCUT2D eigenvalue weighted by Gasteiger charge is 2.12. The second-order valence-electron chi connectivity index (χ2n) is 5.84. The van der Waals surface area contributed by atoms with E-state index in [1.54, 1.807) is 18.2 Å². The molecule has 0 saturated carbocycles. The highest BCUT2D eigenvalue weighted by atomic mass is 19.1. The zero-order valence-corrected chi connectivity index (χ0v) is 16.1. The van der Waals surface area contributed by atoms with Crippen LogP contribution in [-0.2, 0) is 4.79 Å². The van der Waals surface area contributed by atoms with Crippen LogP contribution in [0, 0.1) is 5.82 Å². The summed E-state index contributed by atoms with van der Waals surface area (Å²) in [6.45, 7) is 0.00221. The summed E-state index contributed by atoms with van der Waals surface area (Å²) in [6, 6.07) is 10.2. The number of benzene rings is 2. The summed E-state index contributed by atoms with van der Waals surface area (Å²) in [7, 11) is 2.94. The molecule has 3 N–H and O–H groups in total. The van der Waals surface area contributed by atoms with E-state index >= 15 is 0 Å². The van der Waals surface area contributed by atoms with Gasteiger partial charge in [-0.3, -0.25) is 14.4 Å². The fraction of sp³-hybridized carbons (Fsp3) is 0.250. The van der Waals surface area contributed by atoms with Gasteiger partial charge < -0.3 is 25.4 Å². The minimum absolute atomic E-state index is 0.0685. The van der Waals surface area contributed by atoms with Gasteiger partial charge in [-0.25, -0.2) is 4.39 Å². The topological polar surface area (TPSA) is 106 Å². The highest BCUT2D eigenvalue weighted by molar-refractivity contribution is 5.97. The molecule has 0 aliphatic heterocycles. The Kier molecular flexibility index (Phi) is 7.96. The molecule has 2 aromatic rings. The van der Waals surface area contributed by atoms with Crippen molar-refractivity contribution in [3.8, 4) is 11.5 Å². The van der Waals surface area contributed by atoms with Crippen LogP contribution < -0.4 is 25.4 Å². The van der Waals surface area contributed by atoms with Gasteiger partial charge in [0.25, 0.3) is 11.8 Å². The number of carbonyl (C=O) groups is 3. The van der Waals surface area contributed by atoms with E-state index in [0.717, 1.165) is 0 Å². The lowest BCUT2D eigenvalue weighted by molar-refractivity contribution is -0.120. The summed E-state index contributed by atoms with van der Waals surface area (Å²) in [4.78, 5) is 35.8. The molecule has 29 heavy (non-hydrogen) atoms. The van der Waals surface area contributed by atoms with Gasteiger partial charge in [-0.15, -0.1) is 0 Å². The van der Waals surface area contributed by atoms with Gasteiger partial charge >= 0.3 is 0 Å². The van der Waals surface area contributed by atoms with Gasteiger partial charge in [0.15, 0.2) is 11.5 Å². The number of methoxy groups -OCH3 is 2. The van der Waals surface area contributed by atoms with E-state index in [0.29, 0.717) is 17.1 Å². The largest absolute Gasteiger partial charge is 0.493 e. The molecule has 0 heterocycles. The predicted molar refractivity (Wildman–Crippen MR) is 104 cm³/mol. The third-order valence-corrected chi connectivity index (χ3v) is 3.91. The molecule has 2 rings (SSSR count). The second kappa shape index (κ2) is 10.6. The number of rotatable bonds is 9. The van der Waals surface area contributed by atoms with Gasteiger partial charge in [0, 0.05) is 18.7 Å². The molecule has 0 radical (unpaired) electrons. The lowest BCUT2D eigenvalue weighted by Crippen LogP contribution is -2.40. The lowest BCUT2D eigenvalue weighted by atomic mass is 10.2. The van der Waals surface area contributed by atoms with Crippen LogP contribution in [0.5, 0.6) is 11.5 Å². The Hall–Kier alpha value is -3.62. The smallest absolute Gasteiger partial charge is 0.254 e. The summed E-state index contributed by atoms with van der Waals surface area (Å²) in [5.41, 5.74) is 0.244. The molecular formula is C20H22FN3O5. The van der Waals surface area contributed by atoms with Gasteiger partial charge in [-0.05, 0) is 30.3 Å². The molecule has 0 spiro atoms. The molecule has 8 nitrogen and oxygen atoms in total. The van der Waals surface area contributed by atoms with E-state index in [2.05, 4.69) is 16.0 Å². The van der Waals surface area contributed by atoms with Crippen molar-refractivity contribution in [1.29, 1.82) is 0 Å². The summed E-state index contributed by atoms with van der Waals surface area (Å²) in [5, 5.41) is 7.53. The standard InChI is InChI=1S/C20H22FN3O5/c1-28-16-8-7-13(11-17(16)29-2)19(26)24-12-18(25)22-9-10-23-20(27)14-5-3-4-6-15(14)21/h3-8,11H,9-10,12H2,1-2H3,(H,22,25)(H,23,27)(H,24,26). The van der Waals surface area contributed by atoms with E-state index in [-0.39, 0.29) is 25.2 Å². The first kappa shape index (κ1) is 21.7. The van der Waals surface area contributed by atoms with Crippen LogP contribution in [0.25, 0.3) is 0 Å². The molecule has 3 amide bonds. The molecule has 0 unspecified atom stereocenters. The fourth-order valence-corrected chi connectivity index (χ4v) is 2.42. The average molecular weight is 403 g/mol. The third kappa shape index (κ3) is 6.20. The Morgan fingerprint density at radius 3 is 2.24 bits per heavy atom. The number of hydrogen-bond donors (Lipinski definition) is 3. The number of carbonyl (C=O) groups excluding carboxylic acids is 3. The SMILES string of the molecule is COc1ccc(C(=O)NCC(=O)NCCNC(=O)c2ccccc2F)cc1OC. The van der Waals surface area contributed by atoms with Gasteiger partial charge in [0.1, 0.15) is 5.82 Å². The molecule has 0 aromatic heterocycles. The number of hydrogen-bond acceptors (Lipinski definition) is 5. The minimum atomic E-state index is -0.619. The Balaban J connectivity index is 1.72. The summed E-state index contributed by atoms with van der Waals surface area (Å²) in [6.07, 6.45) is 0. The summed E-state index contributed by atoms with van der Waals surface area (Å²) < 4.78 is 23.7. The van der Waals surface area contributed by atoms with Crippen LogP contribution in [0.1, 0.15) is 20.7 Å². The van der Waals surface area contributed by atoms with E-state index in [4.69, 9.17) is 9.47 Å². The molecule has 2 aromatic carbocycles. The lowest BCUT2D eigenvalue weighted by Gasteiger charge is -2.10. The zero-order chi connectivity index (χ0) is 21.2. The normalized spacial score (nSPS) is 10.0. The Bertz CT molecular complexity index is 888. The van der Waals surface area contributed by atoms with Crippen LogP contribution >= 0.6 is 0 Å². The monoisotopic (exact) mass is 403 g/mol. The second-order valence-corrected chi connectivity index (χ2v) is 5.84. The first-order chi connectivity index (χ1) is 14.0. The van der Waals surface area contributed by atoms with Crippen molar-refractivity contribution in [1.82, 2.24) is 16.0 Å². The molecule has 9 heteroatoms. The zero-order valence-electron chi connectivity index (χ0n) is 16.1. The van der Waals surface area contributed by atoms with Gasteiger partial charge in [-0.2, -0.15) is 0 Å². The first-order valence-corrected chi connectivity index (χ1v) is 8.76. The maximum absolute atomic E-state index is 13.5. The third-order valence-electron chi connectivity index (χ3n) is 3.91. The van der Waals surface area contributed by atoms with Crippen LogP contribution in [-0.4, -0.2) is 51.6 Å². The molecular weight excluding hydrogens is 381 g/mol. The van der Waals surface area contributed by atoms with Gasteiger partial charge in [0.2, 0.25) is 5.91 Å². The van der Waals surface area contributed by atoms with Crippen molar-refractivity contribution in [2.45, 2.75) is 0 Å². The van der Waals surface area contributed by atoms with Crippen LogP contribution in [0.2, 0.25) is 0 Å². The van der Waals surface area contributed by atoms with E-state index in [9.17, 15) is 18.8 Å². The molecule has 154 valence electrons. The van der Waals surface area contributed by atoms with Gasteiger partial charge in [0.05, 0.1) is 26.3 Å². The highest BCUT2D eigenvalue weighted by Crippen LogP contribution is 2.27. The van der Waals surface area contributed by atoms with Crippen molar-refractivity contribution in [2.75, 3.05) is 33.9 Å². The van der Waals surface area contributed by atoms with Crippen molar-refractivity contribution in [2.24, 2.45) is 0 Å². The quantitative estimate of drug-likeness (QED) is 0.544. The maximum Gasteiger partial charge on any atom is 0.254 e. The number of ether oxygens (including phenoxy) is 2. The number of nitrogens with one attached hydrogen (secondary N) is 3. The predicted octanol–water partition coefficient (Wildman–Crippen LogP) is 1.12. The molecule has 0 aliphatic rings. The number of halogens is 1. The Morgan fingerprint density at radius 1 is 0.862 bits per heavy atom. The maximum atomic E-state index is 13.5. The molecule has 0 aliphatic carbocycles. The first-order valence-electron chi connectivity index (χ1n) is 8.76. The van der Waals surface area contributed by atoms with Crippen molar-refractivity contribution >= 4 is 17.7 Å². The summed E-state index contributed by atoms with van der Waals surface area (Å²) in [5.74, 6) is -1.19. The van der Waals surface area contributed by atoms with Gasteiger partial charge in [-0.1, -0.05) is 12.1 Å². The van der Waals surface area contributed by atoms with Crippen LogP contribution in [0.4, 0.5) is 4.39 Å². The average Bonchev–Trinajstić information content (AvgIpc) is 2.74. The van der Waals surface area contributed by atoms with E-state index < -0.39 is 23.5 Å². The molecule has 0 atom stereocenters. The molecule has 0 fully saturated rings. The van der Waals surface area contributed by atoms with Crippen molar-refractivity contribution < 1.29 is 28.2 Å².